The third-order valence-electron chi connectivity index (χ3n) is 4.16. The molecule has 0 radical (unpaired) electrons. The highest BCUT2D eigenvalue weighted by Crippen LogP contribution is 2.32. The molecule has 0 aromatic heterocycles. The minimum Gasteiger partial charge on any atom is -0.475 e. The minimum atomic E-state index is -1.08. The van der Waals surface area contributed by atoms with E-state index in [0.717, 1.165) is 23.2 Å². The van der Waals surface area contributed by atoms with Gasteiger partial charge in [0.1, 0.15) is 0 Å². The summed E-state index contributed by atoms with van der Waals surface area (Å²) >= 11 is 0. The first-order valence-corrected chi connectivity index (χ1v) is 8.39. The van der Waals surface area contributed by atoms with E-state index in [1.54, 1.807) is 0 Å². The number of nitrogens with zero attached hydrogens (tertiary/aromatic N) is 2. The minimum absolute atomic E-state index is 0.0744. The molecule has 0 saturated carbocycles. The van der Waals surface area contributed by atoms with Gasteiger partial charge in [0.15, 0.2) is 0 Å². The maximum absolute atomic E-state index is 11.5. The van der Waals surface area contributed by atoms with Crippen LogP contribution in [0.15, 0.2) is 59.6 Å². The molecule has 0 unspecified atom stereocenters. The van der Waals surface area contributed by atoms with Crippen LogP contribution in [0, 0.1) is 0 Å². The van der Waals surface area contributed by atoms with Gasteiger partial charge in [-0.05, 0) is 18.9 Å². The number of hydrogen-bond acceptors (Lipinski definition) is 4. The summed E-state index contributed by atoms with van der Waals surface area (Å²) < 4.78 is 0. The van der Waals surface area contributed by atoms with Crippen molar-refractivity contribution in [2.75, 3.05) is 6.54 Å². The van der Waals surface area contributed by atoms with Gasteiger partial charge < -0.3 is 5.11 Å². The summed E-state index contributed by atoms with van der Waals surface area (Å²) in [5, 5.41) is 11.2. The van der Waals surface area contributed by atoms with Crippen molar-refractivity contribution < 1.29 is 9.90 Å². The van der Waals surface area contributed by atoms with Crippen LogP contribution in [0.2, 0.25) is 0 Å². The summed E-state index contributed by atoms with van der Waals surface area (Å²) in [5.74, 6) is -1.15. The predicted molar refractivity (Wildman–Crippen MR) is 99.7 cm³/mol. The first-order chi connectivity index (χ1) is 12.1. The number of amidine groups is 1. The van der Waals surface area contributed by atoms with Crippen LogP contribution in [0.5, 0.6) is 0 Å². The Balaban J connectivity index is 2.22. The van der Waals surface area contributed by atoms with E-state index in [4.69, 9.17) is 0 Å². The molecule has 1 aliphatic heterocycles. The Kier molecular flexibility index (Phi) is 4.84. The predicted octanol–water partition coefficient (Wildman–Crippen LogP) is 3.40. The van der Waals surface area contributed by atoms with E-state index >= 15 is 0 Å². The normalized spacial score (nSPS) is 14.2. The first kappa shape index (κ1) is 16.8. The Bertz CT molecular complexity index is 824. The Morgan fingerprint density at radius 3 is 2.28 bits per heavy atom. The van der Waals surface area contributed by atoms with Gasteiger partial charge in [0.05, 0.1) is 11.4 Å². The number of rotatable bonds is 5. The van der Waals surface area contributed by atoms with Gasteiger partial charge in [-0.1, -0.05) is 61.5 Å². The molecule has 2 aromatic rings. The van der Waals surface area contributed by atoms with Gasteiger partial charge in [-0.2, -0.15) is 0 Å². The molecule has 0 amide bonds. The molecule has 0 bridgehead atoms. The van der Waals surface area contributed by atoms with E-state index in [1.807, 2.05) is 42.3 Å². The zero-order valence-corrected chi connectivity index (χ0v) is 14.4. The molecule has 2 aromatic carbocycles. The van der Waals surface area contributed by atoms with Crippen LogP contribution in [-0.2, 0) is 11.2 Å². The van der Waals surface area contributed by atoms with Crippen LogP contribution in [-0.4, -0.2) is 28.5 Å². The summed E-state index contributed by atoms with van der Waals surface area (Å²) in [7, 11) is 0. The molecule has 1 aliphatic rings. The molecule has 0 fully saturated rings. The van der Waals surface area contributed by atoms with E-state index in [1.165, 1.54) is 5.56 Å². The van der Waals surface area contributed by atoms with Crippen LogP contribution in [0.25, 0.3) is 11.4 Å². The van der Waals surface area contributed by atoms with Gasteiger partial charge in [0, 0.05) is 17.7 Å². The third-order valence-corrected chi connectivity index (χ3v) is 4.16. The summed E-state index contributed by atoms with van der Waals surface area (Å²) in [4.78, 5) is 15.9. The molecule has 0 saturated heterocycles. The molecule has 2 N–H and O–H groups in total. The summed E-state index contributed by atoms with van der Waals surface area (Å²) in [6.07, 6.45) is 0.974. The lowest BCUT2D eigenvalue weighted by atomic mass is 10.0. The van der Waals surface area contributed by atoms with Gasteiger partial charge in [0.2, 0.25) is 5.84 Å². The van der Waals surface area contributed by atoms with Crippen molar-refractivity contribution in [1.29, 1.82) is 0 Å². The lowest BCUT2D eigenvalue weighted by Crippen LogP contribution is -2.46. The number of carboxylic acid groups (broad SMARTS) is 1. The molecule has 1 heterocycles. The van der Waals surface area contributed by atoms with Gasteiger partial charge in [-0.3, -0.25) is 10.4 Å². The molecule has 0 atom stereocenters. The molecule has 0 aliphatic carbocycles. The molecule has 5 nitrogen and oxygen atoms in total. The average molecular weight is 335 g/mol. The Morgan fingerprint density at radius 2 is 1.72 bits per heavy atom. The maximum Gasteiger partial charge on any atom is 0.373 e. The van der Waals surface area contributed by atoms with Crippen LogP contribution in [0.4, 0.5) is 0 Å². The number of carboxylic acids is 1. The smallest absolute Gasteiger partial charge is 0.373 e. The van der Waals surface area contributed by atoms with Crippen molar-refractivity contribution in [2.24, 2.45) is 4.99 Å². The fourth-order valence-corrected chi connectivity index (χ4v) is 2.82. The Hall–Kier alpha value is -3.08. The fourth-order valence-electron chi connectivity index (χ4n) is 2.82. The number of aryl methyl sites for hydroxylation is 1. The van der Waals surface area contributed by atoms with Crippen LogP contribution in [0.1, 0.15) is 30.5 Å². The average Bonchev–Trinajstić information content (AvgIpc) is 2.67. The highest BCUT2D eigenvalue weighted by molar-refractivity contribution is 6.36. The van der Waals surface area contributed by atoms with E-state index in [-0.39, 0.29) is 5.84 Å². The molecule has 128 valence electrons. The highest BCUT2D eigenvalue weighted by Gasteiger charge is 2.26. The second-order valence-corrected chi connectivity index (χ2v) is 5.74. The lowest BCUT2D eigenvalue weighted by molar-refractivity contribution is -0.129. The molecule has 5 heteroatoms. The summed E-state index contributed by atoms with van der Waals surface area (Å²) in [6.45, 7) is 4.70. The van der Waals surface area contributed by atoms with Crippen LogP contribution in [0.3, 0.4) is 0 Å². The van der Waals surface area contributed by atoms with Crippen molar-refractivity contribution in [3.8, 4) is 0 Å². The largest absolute Gasteiger partial charge is 0.475 e. The lowest BCUT2D eigenvalue weighted by Gasteiger charge is -2.32. The number of hydrazine groups is 1. The third kappa shape index (κ3) is 3.40. The van der Waals surface area contributed by atoms with Crippen LogP contribution >= 0.6 is 0 Å². The zero-order valence-electron chi connectivity index (χ0n) is 14.4. The monoisotopic (exact) mass is 335 g/mol. The number of aliphatic carboxylic acids is 1. The number of benzene rings is 2. The molecular formula is C20H21N3O2. The number of carbonyl (C=O) groups is 1. The SMILES string of the molecule is CCc1ccc(C2=C(c3ccccc3)N=C(C(=O)O)NN2CC)cc1. The fraction of sp³-hybridized carbons (Fsp3) is 0.200. The quantitative estimate of drug-likeness (QED) is 0.879. The zero-order chi connectivity index (χ0) is 17.8. The van der Waals surface area contributed by atoms with Crippen molar-refractivity contribution in [3.05, 3.63) is 71.3 Å². The van der Waals surface area contributed by atoms with Crippen molar-refractivity contribution in [1.82, 2.24) is 10.4 Å². The van der Waals surface area contributed by atoms with Crippen molar-refractivity contribution in [3.63, 3.8) is 0 Å². The summed E-state index contributed by atoms with van der Waals surface area (Å²) in [5.41, 5.74) is 7.58. The van der Waals surface area contributed by atoms with E-state index in [9.17, 15) is 9.90 Å². The van der Waals surface area contributed by atoms with E-state index < -0.39 is 5.97 Å². The summed E-state index contributed by atoms with van der Waals surface area (Å²) in [6, 6.07) is 18.0. The maximum atomic E-state index is 11.5. The van der Waals surface area contributed by atoms with Crippen molar-refractivity contribution >= 4 is 23.2 Å². The first-order valence-electron chi connectivity index (χ1n) is 8.39. The number of nitrogens with one attached hydrogen (secondary N) is 1. The molecule has 3 rings (SSSR count). The highest BCUT2D eigenvalue weighted by atomic mass is 16.4. The Morgan fingerprint density at radius 1 is 1.04 bits per heavy atom. The molecule has 0 spiro atoms. The second kappa shape index (κ2) is 7.21. The van der Waals surface area contributed by atoms with Gasteiger partial charge >= 0.3 is 5.97 Å². The number of hydrogen-bond donors (Lipinski definition) is 2. The van der Waals surface area contributed by atoms with Gasteiger partial charge in [-0.25, -0.2) is 9.79 Å². The standard InChI is InChI=1S/C20H21N3O2/c1-3-14-10-12-16(13-11-14)18-17(15-8-6-5-7-9-15)21-19(20(24)25)22-23(18)4-2/h5-13H,3-4H2,1-2H3,(H,21,22)(H,24,25). The van der Waals surface area contributed by atoms with Gasteiger partial charge in [0.25, 0.3) is 0 Å². The Labute approximate surface area is 147 Å². The van der Waals surface area contributed by atoms with E-state index in [0.29, 0.717) is 12.2 Å². The van der Waals surface area contributed by atoms with Crippen LogP contribution < -0.4 is 5.43 Å². The second-order valence-electron chi connectivity index (χ2n) is 5.74. The van der Waals surface area contributed by atoms with Crippen molar-refractivity contribution in [2.45, 2.75) is 20.3 Å². The molecular weight excluding hydrogens is 314 g/mol. The molecule has 25 heavy (non-hydrogen) atoms. The van der Waals surface area contributed by atoms with Gasteiger partial charge in [-0.15, -0.1) is 0 Å². The number of aliphatic imine (C=N–C) groups is 1. The van der Waals surface area contributed by atoms with E-state index in [2.05, 4.69) is 41.6 Å². The topological polar surface area (TPSA) is 64.9 Å².